The molecule has 0 spiro atoms. The monoisotopic (exact) mass is 276 g/mol. The van der Waals surface area contributed by atoms with E-state index in [0.717, 1.165) is 5.56 Å². The predicted octanol–water partition coefficient (Wildman–Crippen LogP) is 1.90. The van der Waals surface area contributed by atoms with Crippen LogP contribution in [0.4, 0.5) is 10.2 Å². The normalized spacial score (nSPS) is 10.2. The second-order valence-corrected chi connectivity index (χ2v) is 4.36. The largest absolute Gasteiger partial charge is 0.388 e. The van der Waals surface area contributed by atoms with Gasteiger partial charge in [0.2, 0.25) is 0 Å². The second kappa shape index (κ2) is 6.19. The lowest BCUT2D eigenvalue weighted by Gasteiger charge is -2.08. The number of nitrogens with two attached hydrogens (primary N) is 1. The van der Waals surface area contributed by atoms with Gasteiger partial charge in [-0.15, -0.1) is 0 Å². The summed E-state index contributed by atoms with van der Waals surface area (Å²) < 4.78 is 13.0. The van der Waals surface area contributed by atoms with E-state index in [0.29, 0.717) is 24.5 Å². The number of halogens is 1. The molecular weight excluding hydrogens is 263 g/mol. The summed E-state index contributed by atoms with van der Waals surface area (Å²) in [5.74, 6) is 0.312. The third kappa shape index (κ3) is 3.69. The van der Waals surface area contributed by atoms with Gasteiger partial charge in [0, 0.05) is 18.9 Å². The van der Waals surface area contributed by atoms with Crippen molar-refractivity contribution < 1.29 is 4.39 Å². The highest BCUT2D eigenvalue weighted by atomic mass is 32.1. The van der Waals surface area contributed by atoms with Gasteiger partial charge < -0.3 is 11.1 Å². The molecule has 4 nitrogen and oxygen atoms in total. The molecule has 0 unspecified atom stereocenters. The van der Waals surface area contributed by atoms with Crippen LogP contribution >= 0.6 is 12.2 Å². The maximum atomic E-state index is 13.0. The summed E-state index contributed by atoms with van der Waals surface area (Å²) >= 11 is 4.90. The first-order valence-corrected chi connectivity index (χ1v) is 6.17. The van der Waals surface area contributed by atoms with E-state index in [-0.39, 0.29) is 10.8 Å². The summed E-state index contributed by atoms with van der Waals surface area (Å²) in [4.78, 5) is 8.40. The van der Waals surface area contributed by atoms with Crippen LogP contribution in [0.25, 0.3) is 0 Å². The highest BCUT2D eigenvalue weighted by Gasteiger charge is 2.06. The minimum atomic E-state index is -0.235. The van der Waals surface area contributed by atoms with E-state index >= 15 is 0 Å². The molecule has 1 heterocycles. The third-order valence-electron chi connectivity index (χ3n) is 2.53. The highest BCUT2D eigenvalue weighted by molar-refractivity contribution is 7.80. The van der Waals surface area contributed by atoms with Crippen LogP contribution < -0.4 is 11.1 Å². The quantitative estimate of drug-likeness (QED) is 0.817. The van der Waals surface area contributed by atoms with Crippen LogP contribution in [0.3, 0.4) is 0 Å². The van der Waals surface area contributed by atoms with Gasteiger partial charge in [-0.3, -0.25) is 0 Å². The van der Waals surface area contributed by atoms with Gasteiger partial charge in [0.25, 0.3) is 0 Å². The van der Waals surface area contributed by atoms with Crippen LogP contribution in [0.15, 0.2) is 36.7 Å². The summed E-state index contributed by atoms with van der Waals surface area (Å²) in [6, 6.07) is 6.49. The van der Waals surface area contributed by atoms with Gasteiger partial charge in [0.15, 0.2) is 5.82 Å². The SMILES string of the molecule is NC(=S)c1nccnc1NCCc1cccc(F)c1. The van der Waals surface area contributed by atoms with E-state index in [9.17, 15) is 4.39 Å². The topological polar surface area (TPSA) is 63.8 Å². The van der Waals surface area contributed by atoms with Crippen molar-refractivity contribution in [2.24, 2.45) is 5.73 Å². The minimum Gasteiger partial charge on any atom is -0.388 e. The molecule has 0 aliphatic rings. The zero-order chi connectivity index (χ0) is 13.7. The number of anilines is 1. The van der Waals surface area contributed by atoms with Crippen LogP contribution in [-0.2, 0) is 6.42 Å². The molecule has 2 aromatic rings. The fourth-order valence-electron chi connectivity index (χ4n) is 1.67. The van der Waals surface area contributed by atoms with Gasteiger partial charge in [0.1, 0.15) is 16.5 Å². The number of hydrogen-bond acceptors (Lipinski definition) is 4. The van der Waals surface area contributed by atoms with Crippen molar-refractivity contribution in [3.8, 4) is 0 Å². The second-order valence-electron chi connectivity index (χ2n) is 3.92. The molecule has 2 rings (SSSR count). The van der Waals surface area contributed by atoms with E-state index < -0.39 is 0 Å². The molecule has 6 heteroatoms. The van der Waals surface area contributed by atoms with Crippen molar-refractivity contribution in [2.45, 2.75) is 6.42 Å². The summed E-state index contributed by atoms with van der Waals surface area (Å²) in [7, 11) is 0. The summed E-state index contributed by atoms with van der Waals surface area (Å²) in [5.41, 5.74) is 6.94. The number of hydrogen-bond donors (Lipinski definition) is 2. The molecule has 1 aromatic carbocycles. The van der Waals surface area contributed by atoms with Gasteiger partial charge in [-0.25, -0.2) is 14.4 Å². The Bertz CT molecular complexity index is 588. The lowest BCUT2D eigenvalue weighted by atomic mass is 10.1. The van der Waals surface area contributed by atoms with Crippen molar-refractivity contribution in [1.82, 2.24) is 9.97 Å². The molecule has 1 aromatic heterocycles. The summed E-state index contributed by atoms with van der Waals surface area (Å²) in [5, 5.41) is 3.10. The molecule has 0 aliphatic carbocycles. The number of thiocarbonyl (C=S) groups is 1. The molecular formula is C13H13FN4S. The van der Waals surface area contributed by atoms with Crippen molar-refractivity contribution in [3.63, 3.8) is 0 Å². The van der Waals surface area contributed by atoms with Crippen LogP contribution in [0.1, 0.15) is 11.3 Å². The van der Waals surface area contributed by atoms with Crippen LogP contribution in [-0.4, -0.2) is 21.5 Å². The molecule has 0 aliphatic heterocycles. The number of benzene rings is 1. The first-order valence-electron chi connectivity index (χ1n) is 5.76. The number of nitrogens with zero attached hydrogens (tertiary/aromatic N) is 2. The zero-order valence-electron chi connectivity index (χ0n) is 10.1. The molecule has 98 valence electrons. The van der Waals surface area contributed by atoms with E-state index in [4.69, 9.17) is 18.0 Å². The Hall–Kier alpha value is -2.08. The third-order valence-corrected chi connectivity index (χ3v) is 2.72. The fraction of sp³-hybridized carbons (Fsp3) is 0.154. The highest BCUT2D eigenvalue weighted by Crippen LogP contribution is 2.09. The molecule has 3 N–H and O–H groups in total. The van der Waals surface area contributed by atoms with Gasteiger partial charge in [0.05, 0.1) is 0 Å². The van der Waals surface area contributed by atoms with Crippen LogP contribution in [0.5, 0.6) is 0 Å². The van der Waals surface area contributed by atoms with Crippen molar-refractivity contribution in [1.29, 1.82) is 0 Å². The van der Waals surface area contributed by atoms with Crippen molar-refractivity contribution in [3.05, 3.63) is 53.7 Å². The first kappa shape index (κ1) is 13.4. The molecule has 0 saturated heterocycles. The Morgan fingerprint density at radius 1 is 1.32 bits per heavy atom. The van der Waals surface area contributed by atoms with E-state index in [2.05, 4.69) is 15.3 Å². The maximum Gasteiger partial charge on any atom is 0.155 e. The number of aromatic nitrogens is 2. The molecule has 0 saturated carbocycles. The fourth-order valence-corrected chi connectivity index (χ4v) is 1.81. The number of nitrogens with one attached hydrogen (secondary N) is 1. The number of rotatable bonds is 5. The maximum absolute atomic E-state index is 13.0. The van der Waals surface area contributed by atoms with E-state index in [1.165, 1.54) is 18.3 Å². The Morgan fingerprint density at radius 3 is 2.84 bits per heavy atom. The minimum absolute atomic E-state index is 0.196. The molecule has 0 radical (unpaired) electrons. The molecule has 0 amide bonds. The Morgan fingerprint density at radius 2 is 2.11 bits per heavy atom. The van der Waals surface area contributed by atoms with E-state index in [1.54, 1.807) is 12.3 Å². The average molecular weight is 276 g/mol. The molecule has 0 atom stereocenters. The van der Waals surface area contributed by atoms with Crippen molar-refractivity contribution >= 4 is 23.0 Å². The van der Waals surface area contributed by atoms with Crippen LogP contribution in [0.2, 0.25) is 0 Å². The Kier molecular flexibility index (Phi) is 4.35. The smallest absolute Gasteiger partial charge is 0.155 e. The Balaban J connectivity index is 1.98. The summed E-state index contributed by atoms with van der Waals surface area (Å²) in [6.07, 6.45) is 3.77. The average Bonchev–Trinajstić information content (AvgIpc) is 2.39. The molecule has 0 fully saturated rings. The lowest BCUT2D eigenvalue weighted by molar-refractivity contribution is 0.625. The van der Waals surface area contributed by atoms with E-state index in [1.807, 2.05) is 6.07 Å². The first-order chi connectivity index (χ1) is 9.16. The predicted molar refractivity (Wildman–Crippen MR) is 76.5 cm³/mol. The van der Waals surface area contributed by atoms with Crippen molar-refractivity contribution in [2.75, 3.05) is 11.9 Å². The standard InChI is InChI=1S/C13H13FN4S/c14-10-3-1-2-9(8-10)4-5-17-13-11(12(15)19)16-6-7-18-13/h1-3,6-8H,4-5H2,(H2,15,19)(H,17,18). The van der Waals surface area contributed by atoms with Gasteiger partial charge in [-0.05, 0) is 24.1 Å². The van der Waals surface area contributed by atoms with Gasteiger partial charge in [-0.2, -0.15) is 0 Å². The van der Waals surface area contributed by atoms with Crippen LogP contribution in [0, 0.1) is 5.82 Å². The Labute approximate surface area is 115 Å². The zero-order valence-corrected chi connectivity index (χ0v) is 11.0. The van der Waals surface area contributed by atoms with Gasteiger partial charge >= 0.3 is 0 Å². The molecule has 19 heavy (non-hydrogen) atoms. The summed E-state index contributed by atoms with van der Waals surface area (Å²) in [6.45, 7) is 0.595. The molecule has 0 bridgehead atoms. The lowest BCUT2D eigenvalue weighted by Crippen LogP contribution is -2.17. The van der Waals surface area contributed by atoms with Gasteiger partial charge in [-0.1, -0.05) is 24.4 Å².